The maximum absolute atomic E-state index is 8.86. The lowest BCUT2D eigenvalue weighted by atomic mass is 10.0. The minimum Gasteiger partial charge on any atom is -0.417 e. The average Bonchev–Trinajstić information content (AvgIpc) is 2.77. The van der Waals surface area contributed by atoms with E-state index in [9.17, 15) is 0 Å². The highest BCUT2D eigenvalue weighted by atomic mass is 16.6. The molecule has 17 heavy (non-hydrogen) atoms. The second-order valence-electron chi connectivity index (χ2n) is 4.09. The summed E-state index contributed by atoms with van der Waals surface area (Å²) >= 11 is 0. The van der Waals surface area contributed by atoms with Crippen LogP contribution in [0.1, 0.15) is 31.0 Å². The van der Waals surface area contributed by atoms with Crippen LogP contribution in [0.3, 0.4) is 0 Å². The van der Waals surface area contributed by atoms with E-state index in [0.717, 1.165) is 0 Å². The van der Waals surface area contributed by atoms with Crippen molar-refractivity contribution in [1.29, 1.82) is 0 Å². The SMILES string of the molecule is CC(C)c1cccc(Oc2nc(CO)co2)c1. The third-order valence-corrected chi connectivity index (χ3v) is 2.42. The number of aliphatic hydroxyl groups excluding tert-OH is 1. The van der Waals surface area contributed by atoms with Gasteiger partial charge in [-0.25, -0.2) is 0 Å². The first-order chi connectivity index (χ1) is 8.19. The van der Waals surface area contributed by atoms with E-state index < -0.39 is 0 Å². The van der Waals surface area contributed by atoms with Crippen LogP contribution in [0, 0.1) is 0 Å². The Balaban J connectivity index is 2.15. The van der Waals surface area contributed by atoms with Crippen molar-refractivity contribution in [2.45, 2.75) is 26.4 Å². The lowest BCUT2D eigenvalue weighted by Gasteiger charge is -2.07. The van der Waals surface area contributed by atoms with Crippen LogP contribution >= 0.6 is 0 Å². The zero-order valence-electron chi connectivity index (χ0n) is 9.88. The molecule has 4 heteroatoms. The first-order valence-corrected chi connectivity index (χ1v) is 5.52. The van der Waals surface area contributed by atoms with Crippen molar-refractivity contribution in [2.75, 3.05) is 0 Å². The van der Waals surface area contributed by atoms with Crippen LogP contribution in [-0.2, 0) is 6.61 Å². The normalized spacial score (nSPS) is 10.8. The molecule has 0 radical (unpaired) electrons. The van der Waals surface area contributed by atoms with Crippen LogP contribution in [0.4, 0.5) is 0 Å². The number of aromatic nitrogens is 1. The highest BCUT2D eigenvalue weighted by molar-refractivity contribution is 5.31. The Kier molecular flexibility index (Phi) is 3.44. The van der Waals surface area contributed by atoms with Gasteiger partial charge in [0.2, 0.25) is 0 Å². The summed E-state index contributed by atoms with van der Waals surface area (Å²) in [5.41, 5.74) is 1.65. The Morgan fingerprint density at radius 1 is 1.41 bits per heavy atom. The van der Waals surface area contributed by atoms with E-state index in [0.29, 0.717) is 17.4 Å². The van der Waals surface area contributed by atoms with Gasteiger partial charge in [-0.05, 0) is 23.6 Å². The fourth-order valence-electron chi connectivity index (χ4n) is 1.45. The maximum Gasteiger partial charge on any atom is 0.399 e. The number of oxazole rings is 1. The topological polar surface area (TPSA) is 55.5 Å². The van der Waals surface area contributed by atoms with E-state index in [2.05, 4.69) is 18.8 Å². The van der Waals surface area contributed by atoms with Gasteiger partial charge in [0.1, 0.15) is 17.7 Å². The summed E-state index contributed by atoms with van der Waals surface area (Å²) in [6, 6.07) is 7.77. The van der Waals surface area contributed by atoms with Crippen LogP contribution in [0.25, 0.3) is 0 Å². The fraction of sp³-hybridized carbons (Fsp3) is 0.308. The van der Waals surface area contributed by atoms with E-state index in [1.807, 2.05) is 24.3 Å². The van der Waals surface area contributed by atoms with Crippen LogP contribution in [0.15, 0.2) is 34.9 Å². The lowest BCUT2D eigenvalue weighted by Crippen LogP contribution is -1.90. The zero-order chi connectivity index (χ0) is 12.3. The van der Waals surface area contributed by atoms with E-state index in [1.54, 1.807) is 0 Å². The summed E-state index contributed by atoms with van der Waals surface area (Å²) in [6.45, 7) is 4.08. The monoisotopic (exact) mass is 233 g/mol. The van der Waals surface area contributed by atoms with Crippen molar-refractivity contribution in [3.8, 4) is 11.8 Å². The van der Waals surface area contributed by atoms with Gasteiger partial charge in [-0.3, -0.25) is 0 Å². The first kappa shape index (κ1) is 11.7. The van der Waals surface area contributed by atoms with E-state index in [-0.39, 0.29) is 12.7 Å². The van der Waals surface area contributed by atoms with Crippen LogP contribution in [-0.4, -0.2) is 10.1 Å². The molecule has 1 aromatic heterocycles. The quantitative estimate of drug-likeness (QED) is 0.881. The van der Waals surface area contributed by atoms with Gasteiger partial charge in [-0.15, -0.1) is 0 Å². The fourth-order valence-corrected chi connectivity index (χ4v) is 1.45. The molecule has 0 unspecified atom stereocenters. The second kappa shape index (κ2) is 5.01. The lowest BCUT2D eigenvalue weighted by molar-refractivity contribution is 0.276. The predicted octanol–water partition coefficient (Wildman–Crippen LogP) is 3.08. The number of hydrogen-bond donors (Lipinski definition) is 1. The van der Waals surface area contributed by atoms with Crippen molar-refractivity contribution in [3.05, 3.63) is 41.8 Å². The molecular weight excluding hydrogens is 218 g/mol. The molecular formula is C13H15NO3. The average molecular weight is 233 g/mol. The molecule has 0 fully saturated rings. The molecule has 0 aliphatic heterocycles. The number of ether oxygens (including phenoxy) is 1. The number of rotatable bonds is 4. The number of benzene rings is 1. The summed E-state index contributed by atoms with van der Waals surface area (Å²) in [4.78, 5) is 3.96. The summed E-state index contributed by atoms with van der Waals surface area (Å²) < 4.78 is 10.5. The Morgan fingerprint density at radius 2 is 2.24 bits per heavy atom. The molecule has 0 bridgehead atoms. The first-order valence-electron chi connectivity index (χ1n) is 5.52. The molecule has 0 saturated carbocycles. The summed E-state index contributed by atoms with van der Waals surface area (Å²) in [6.07, 6.45) is 1.52. The second-order valence-corrected chi connectivity index (χ2v) is 4.09. The molecule has 2 rings (SSSR count). The largest absolute Gasteiger partial charge is 0.417 e. The summed E-state index contributed by atoms with van der Waals surface area (Å²) in [5.74, 6) is 1.12. The minimum atomic E-state index is -0.154. The van der Waals surface area contributed by atoms with Gasteiger partial charge in [0.15, 0.2) is 0 Å². The number of nitrogens with zero attached hydrogens (tertiary/aromatic N) is 1. The van der Waals surface area contributed by atoms with E-state index >= 15 is 0 Å². The number of aliphatic hydroxyl groups is 1. The van der Waals surface area contributed by atoms with Crippen molar-refractivity contribution in [3.63, 3.8) is 0 Å². The highest BCUT2D eigenvalue weighted by Gasteiger charge is 2.07. The molecule has 0 atom stereocenters. The summed E-state index contributed by atoms with van der Waals surface area (Å²) in [5, 5.41) is 8.86. The minimum absolute atomic E-state index is 0.148. The Labute approximate surface area is 99.9 Å². The molecule has 0 aliphatic rings. The standard InChI is InChI=1S/C13H15NO3/c1-9(2)10-4-3-5-12(6-10)17-13-14-11(7-15)8-16-13/h3-6,8-9,15H,7H2,1-2H3. The zero-order valence-corrected chi connectivity index (χ0v) is 9.88. The molecule has 1 N–H and O–H groups in total. The molecule has 0 amide bonds. The maximum atomic E-state index is 8.86. The summed E-state index contributed by atoms with van der Waals surface area (Å²) in [7, 11) is 0. The van der Waals surface area contributed by atoms with Crippen LogP contribution in [0.5, 0.6) is 11.8 Å². The Morgan fingerprint density at radius 3 is 2.88 bits per heavy atom. The molecule has 4 nitrogen and oxygen atoms in total. The smallest absolute Gasteiger partial charge is 0.399 e. The van der Waals surface area contributed by atoms with E-state index in [1.165, 1.54) is 11.8 Å². The van der Waals surface area contributed by atoms with Crippen molar-refractivity contribution >= 4 is 0 Å². The molecule has 1 heterocycles. The Bertz CT molecular complexity index is 491. The van der Waals surface area contributed by atoms with Crippen LogP contribution in [0.2, 0.25) is 0 Å². The third-order valence-electron chi connectivity index (χ3n) is 2.42. The molecule has 0 saturated heterocycles. The van der Waals surface area contributed by atoms with Crippen molar-refractivity contribution in [1.82, 2.24) is 4.98 Å². The highest BCUT2D eigenvalue weighted by Crippen LogP contribution is 2.24. The van der Waals surface area contributed by atoms with Crippen LogP contribution < -0.4 is 4.74 Å². The van der Waals surface area contributed by atoms with Crippen molar-refractivity contribution in [2.24, 2.45) is 0 Å². The molecule has 2 aromatic rings. The third kappa shape index (κ3) is 2.85. The molecule has 0 spiro atoms. The molecule has 1 aromatic carbocycles. The van der Waals surface area contributed by atoms with Gasteiger partial charge in [0.25, 0.3) is 0 Å². The van der Waals surface area contributed by atoms with Gasteiger partial charge in [0, 0.05) is 0 Å². The Hall–Kier alpha value is -1.81. The van der Waals surface area contributed by atoms with Crippen molar-refractivity contribution < 1.29 is 14.3 Å². The van der Waals surface area contributed by atoms with Gasteiger partial charge in [-0.2, -0.15) is 4.98 Å². The number of hydrogen-bond acceptors (Lipinski definition) is 4. The van der Waals surface area contributed by atoms with Gasteiger partial charge < -0.3 is 14.3 Å². The van der Waals surface area contributed by atoms with Gasteiger partial charge in [0.05, 0.1) is 6.61 Å². The molecule has 90 valence electrons. The van der Waals surface area contributed by atoms with Gasteiger partial charge in [-0.1, -0.05) is 26.0 Å². The predicted molar refractivity (Wildman–Crippen MR) is 63.0 cm³/mol. The molecule has 0 aliphatic carbocycles. The van der Waals surface area contributed by atoms with Gasteiger partial charge >= 0.3 is 6.08 Å². The van der Waals surface area contributed by atoms with E-state index in [4.69, 9.17) is 14.3 Å².